The van der Waals surface area contributed by atoms with Crippen LogP contribution in [0.3, 0.4) is 0 Å². The second-order valence-corrected chi connectivity index (χ2v) is 9.00. The number of hydrogen-bond donors (Lipinski definition) is 2. The van der Waals surface area contributed by atoms with Gasteiger partial charge >= 0.3 is 5.97 Å². The zero-order chi connectivity index (χ0) is 21.9. The third kappa shape index (κ3) is 5.26. The third-order valence-corrected chi connectivity index (χ3v) is 6.35. The molecule has 0 aromatic heterocycles. The maximum atomic E-state index is 12.3. The summed E-state index contributed by atoms with van der Waals surface area (Å²) in [6.45, 7) is 3.05. The molecule has 1 atom stereocenters. The van der Waals surface area contributed by atoms with Crippen LogP contribution in [-0.4, -0.2) is 49.9 Å². The average molecular weight is 441 g/mol. The number of carbonyl (C=O) groups is 2. The van der Waals surface area contributed by atoms with Gasteiger partial charge in [0, 0.05) is 19.8 Å². The highest BCUT2D eigenvalue weighted by Gasteiger charge is 2.23. The summed E-state index contributed by atoms with van der Waals surface area (Å²) in [5, 5.41) is 12.2. The summed E-state index contributed by atoms with van der Waals surface area (Å²) in [5.41, 5.74) is 0.868. The Morgan fingerprint density at radius 2 is 1.83 bits per heavy atom. The van der Waals surface area contributed by atoms with Crippen LogP contribution in [0.2, 0.25) is 5.02 Å². The van der Waals surface area contributed by atoms with E-state index in [1.165, 1.54) is 51.4 Å². The number of phenols is 1. The molecule has 29 heavy (non-hydrogen) atoms. The lowest BCUT2D eigenvalue weighted by atomic mass is 10.1. The molecule has 0 spiro atoms. The summed E-state index contributed by atoms with van der Waals surface area (Å²) in [4.78, 5) is 24.3. The molecule has 0 bridgehead atoms. The van der Waals surface area contributed by atoms with E-state index in [4.69, 9.17) is 16.3 Å². The lowest BCUT2D eigenvalue weighted by Gasteiger charge is -2.16. The Kier molecular flexibility index (Phi) is 6.89. The SMILES string of the molecule is Cc1ccc(C(=O)O[C@H](C)C(=O)Nc2ccc(Cl)c(S(=O)(=O)N(C)C)c2)cc1O. The standard InChI is InChI=1S/C19H21ClN2O6S/c1-11-5-6-13(9-16(11)23)19(25)28-12(2)18(24)21-14-7-8-15(20)17(10-14)29(26,27)22(3)4/h5-10,12,23H,1-4H3,(H,21,24)/t12-/m1/s1. The highest BCUT2D eigenvalue weighted by Crippen LogP contribution is 2.27. The Morgan fingerprint density at radius 3 is 2.41 bits per heavy atom. The van der Waals surface area contributed by atoms with Gasteiger partial charge in [0.05, 0.1) is 10.6 Å². The van der Waals surface area contributed by atoms with Crippen molar-refractivity contribution in [1.82, 2.24) is 4.31 Å². The number of anilines is 1. The molecule has 0 saturated carbocycles. The van der Waals surface area contributed by atoms with Gasteiger partial charge in [0.15, 0.2) is 6.10 Å². The highest BCUT2D eigenvalue weighted by molar-refractivity contribution is 7.89. The van der Waals surface area contributed by atoms with Gasteiger partial charge in [-0.15, -0.1) is 0 Å². The number of esters is 1. The Morgan fingerprint density at radius 1 is 1.17 bits per heavy atom. The van der Waals surface area contributed by atoms with Crippen LogP contribution in [0, 0.1) is 6.92 Å². The smallest absolute Gasteiger partial charge is 0.339 e. The van der Waals surface area contributed by atoms with Crippen LogP contribution < -0.4 is 5.32 Å². The molecule has 0 aliphatic heterocycles. The van der Waals surface area contributed by atoms with Gasteiger partial charge in [-0.1, -0.05) is 17.7 Å². The second-order valence-electron chi connectivity index (χ2n) is 6.47. The number of hydrogen-bond acceptors (Lipinski definition) is 6. The van der Waals surface area contributed by atoms with E-state index < -0.39 is 28.0 Å². The number of aryl methyl sites for hydroxylation is 1. The molecule has 2 N–H and O–H groups in total. The molecular formula is C19H21ClN2O6S. The minimum atomic E-state index is -3.81. The first kappa shape index (κ1) is 22.7. The highest BCUT2D eigenvalue weighted by atomic mass is 35.5. The quantitative estimate of drug-likeness (QED) is 0.668. The molecule has 2 rings (SSSR count). The summed E-state index contributed by atoms with van der Waals surface area (Å²) in [5.74, 6) is -1.51. The summed E-state index contributed by atoms with van der Waals surface area (Å²) in [6.07, 6.45) is -1.17. The Balaban J connectivity index is 2.13. The summed E-state index contributed by atoms with van der Waals surface area (Å²) < 4.78 is 30.7. The van der Waals surface area contributed by atoms with Crippen molar-refractivity contribution in [1.29, 1.82) is 0 Å². The van der Waals surface area contributed by atoms with E-state index in [9.17, 15) is 23.1 Å². The van der Waals surface area contributed by atoms with Gasteiger partial charge in [-0.05, 0) is 49.7 Å². The minimum absolute atomic E-state index is 0.00959. The van der Waals surface area contributed by atoms with Crippen LogP contribution in [0.1, 0.15) is 22.8 Å². The Bertz CT molecular complexity index is 1050. The van der Waals surface area contributed by atoms with Crippen LogP contribution in [-0.2, 0) is 19.6 Å². The third-order valence-electron chi connectivity index (χ3n) is 4.06. The first-order valence-electron chi connectivity index (χ1n) is 8.47. The number of amides is 1. The molecule has 0 heterocycles. The number of rotatable bonds is 6. The van der Waals surface area contributed by atoms with Gasteiger partial charge < -0.3 is 15.2 Å². The van der Waals surface area contributed by atoms with Gasteiger partial charge in [0.1, 0.15) is 10.6 Å². The van der Waals surface area contributed by atoms with Crippen LogP contribution in [0.4, 0.5) is 5.69 Å². The summed E-state index contributed by atoms with van der Waals surface area (Å²) in [7, 11) is -1.08. The van der Waals surface area contributed by atoms with Crippen molar-refractivity contribution in [2.24, 2.45) is 0 Å². The number of nitrogens with zero attached hydrogens (tertiary/aromatic N) is 1. The molecule has 0 aliphatic rings. The fourth-order valence-corrected chi connectivity index (χ4v) is 3.63. The van der Waals surface area contributed by atoms with Gasteiger partial charge in [-0.25, -0.2) is 17.5 Å². The van der Waals surface area contributed by atoms with Crippen molar-refractivity contribution in [3.05, 3.63) is 52.5 Å². The molecule has 0 saturated heterocycles. The largest absolute Gasteiger partial charge is 0.508 e. The van der Waals surface area contributed by atoms with Gasteiger partial charge in [0.25, 0.3) is 5.91 Å². The molecule has 1 amide bonds. The monoisotopic (exact) mass is 440 g/mol. The molecule has 0 fully saturated rings. The van der Waals surface area contributed by atoms with Crippen molar-refractivity contribution >= 4 is 39.2 Å². The Labute approximate surface area is 174 Å². The minimum Gasteiger partial charge on any atom is -0.508 e. The number of sulfonamides is 1. The number of ether oxygens (including phenoxy) is 1. The lowest BCUT2D eigenvalue weighted by Crippen LogP contribution is -2.30. The fraction of sp³-hybridized carbons (Fsp3) is 0.263. The summed E-state index contributed by atoms with van der Waals surface area (Å²) >= 11 is 5.98. The number of carbonyl (C=O) groups excluding carboxylic acids is 2. The molecule has 0 radical (unpaired) electrons. The molecule has 8 nitrogen and oxygen atoms in total. The van der Waals surface area contributed by atoms with Gasteiger partial charge in [-0.2, -0.15) is 0 Å². The number of halogens is 1. The van der Waals surface area contributed by atoms with E-state index in [1.807, 2.05) is 0 Å². The maximum absolute atomic E-state index is 12.3. The normalized spacial score (nSPS) is 12.5. The van der Waals surface area contributed by atoms with Crippen molar-refractivity contribution in [3.63, 3.8) is 0 Å². The predicted molar refractivity (Wildman–Crippen MR) is 109 cm³/mol. The number of aromatic hydroxyl groups is 1. The summed E-state index contributed by atoms with van der Waals surface area (Å²) in [6, 6.07) is 8.28. The maximum Gasteiger partial charge on any atom is 0.339 e. The second kappa shape index (κ2) is 8.81. The van der Waals surface area contributed by atoms with E-state index in [0.29, 0.717) is 5.56 Å². The van der Waals surface area contributed by atoms with E-state index in [-0.39, 0.29) is 26.9 Å². The average Bonchev–Trinajstić information content (AvgIpc) is 2.64. The molecule has 2 aromatic rings. The molecular weight excluding hydrogens is 420 g/mol. The Hall–Kier alpha value is -2.62. The topological polar surface area (TPSA) is 113 Å². The first-order valence-corrected chi connectivity index (χ1v) is 10.3. The first-order chi connectivity index (χ1) is 13.4. The van der Waals surface area contributed by atoms with Crippen LogP contribution in [0.5, 0.6) is 5.75 Å². The van der Waals surface area contributed by atoms with Gasteiger partial charge in [0.2, 0.25) is 10.0 Å². The van der Waals surface area contributed by atoms with Crippen LogP contribution in [0.15, 0.2) is 41.3 Å². The van der Waals surface area contributed by atoms with E-state index in [2.05, 4.69) is 5.32 Å². The molecule has 10 heteroatoms. The molecule has 0 aliphatic carbocycles. The number of phenolic OH excluding ortho intramolecular Hbond substituents is 1. The van der Waals surface area contributed by atoms with Crippen molar-refractivity contribution < 1.29 is 27.9 Å². The van der Waals surface area contributed by atoms with Crippen LogP contribution >= 0.6 is 11.6 Å². The fourth-order valence-electron chi connectivity index (χ4n) is 2.24. The number of nitrogens with one attached hydrogen (secondary N) is 1. The van der Waals surface area contributed by atoms with E-state index in [0.717, 1.165) is 4.31 Å². The predicted octanol–water partition coefficient (Wildman–Crippen LogP) is 2.79. The zero-order valence-electron chi connectivity index (χ0n) is 16.3. The molecule has 0 unspecified atom stereocenters. The van der Waals surface area contributed by atoms with Gasteiger partial charge in [-0.3, -0.25) is 4.79 Å². The van der Waals surface area contributed by atoms with Crippen molar-refractivity contribution in [3.8, 4) is 5.75 Å². The number of benzene rings is 2. The zero-order valence-corrected chi connectivity index (χ0v) is 17.8. The lowest BCUT2D eigenvalue weighted by molar-refractivity contribution is -0.123. The molecule has 2 aromatic carbocycles. The molecule has 156 valence electrons. The van der Waals surface area contributed by atoms with Crippen molar-refractivity contribution in [2.45, 2.75) is 24.8 Å². The van der Waals surface area contributed by atoms with Crippen LogP contribution in [0.25, 0.3) is 0 Å². The van der Waals surface area contributed by atoms with Crippen molar-refractivity contribution in [2.75, 3.05) is 19.4 Å². The van der Waals surface area contributed by atoms with E-state index >= 15 is 0 Å². The van der Waals surface area contributed by atoms with E-state index in [1.54, 1.807) is 13.0 Å².